The van der Waals surface area contributed by atoms with Gasteiger partial charge >= 0.3 is 6.36 Å². The Morgan fingerprint density at radius 1 is 1.38 bits per heavy atom. The number of ether oxygens (including phenoxy) is 1. The van der Waals surface area contributed by atoms with E-state index in [-0.39, 0.29) is 11.1 Å². The molecule has 1 aromatic carbocycles. The maximum atomic E-state index is 11.9. The maximum absolute atomic E-state index is 11.9. The van der Waals surface area contributed by atoms with Crippen molar-refractivity contribution in [3.8, 4) is 5.75 Å². The monoisotopic (exact) mass is 232 g/mol. The van der Waals surface area contributed by atoms with Gasteiger partial charge in [0.25, 0.3) is 0 Å². The van der Waals surface area contributed by atoms with E-state index in [1.807, 2.05) is 0 Å². The fourth-order valence-electron chi connectivity index (χ4n) is 1.16. The van der Waals surface area contributed by atoms with Gasteiger partial charge in [0.05, 0.1) is 0 Å². The maximum Gasteiger partial charge on any atom is 0.573 e. The van der Waals surface area contributed by atoms with Crippen molar-refractivity contribution < 1.29 is 27.5 Å². The molecule has 1 aromatic rings. The summed E-state index contributed by atoms with van der Waals surface area (Å²) in [7, 11) is 0. The Morgan fingerprint density at radius 3 is 2.44 bits per heavy atom. The van der Waals surface area contributed by atoms with Crippen molar-refractivity contribution in [3.63, 3.8) is 0 Å². The van der Waals surface area contributed by atoms with Crippen LogP contribution in [0.2, 0.25) is 0 Å². The Kier molecular flexibility index (Phi) is 3.31. The quantitative estimate of drug-likeness (QED) is 0.594. The van der Waals surface area contributed by atoms with E-state index < -0.39 is 17.9 Å². The Bertz CT molecular complexity index is 424. The van der Waals surface area contributed by atoms with Crippen LogP contribution in [0.1, 0.15) is 27.6 Å². The predicted octanol–water partition coefficient (Wildman–Crippen LogP) is 2.60. The summed E-state index contributed by atoms with van der Waals surface area (Å²) in [6, 6.07) is 2.97. The number of Topliss-reactive ketones (excluding diaryl/α,β-unsaturated/α-hetero) is 1. The number of alkyl halides is 3. The average Bonchev–Trinajstić information content (AvgIpc) is 2.14. The van der Waals surface area contributed by atoms with Gasteiger partial charge in [0.1, 0.15) is 5.75 Å². The molecule has 6 heteroatoms. The van der Waals surface area contributed by atoms with Gasteiger partial charge in [-0.2, -0.15) is 0 Å². The van der Waals surface area contributed by atoms with Crippen LogP contribution >= 0.6 is 0 Å². The number of hydrogen-bond donors (Lipinski definition) is 0. The standard InChI is InChI=1S/C10H7F3O3/c1-6(15)9-3-2-8(4-7(9)5-14)16-10(11,12)13/h2-5H,1H3. The van der Waals surface area contributed by atoms with Crippen LogP contribution in [0.15, 0.2) is 18.2 Å². The molecule has 0 atom stereocenters. The number of hydrogen-bond acceptors (Lipinski definition) is 3. The smallest absolute Gasteiger partial charge is 0.406 e. The lowest BCUT2D eigenvalue weighted by Gasteiger charge is -2.09. The zero-order valence-electron chi connectivity index (χ0n) is 8.17. The van der Waals surface area contributed by atoms with Gasteiger partial charge < -0.3 is 4.74 Å². The lowest BCUT2D eigenvalue weighted by atomic mass is 10.1. The molecule has 86 valence electrons. The third-order valence-corrected chi connectivity index (χ3v) is 1.76. The Hall–Kier alpha value is -1.85. The van der Waals surface area contributed by atoms with Gasteiger partial charge in [-0.05, 0) is 25.1 Å². The lowest BCUT2D eigenvalue weighted by molar-refractivity contribution is -0.274. The van der Waals surface area contributed by atoms with E-state index in [4.69, 9.17) is 0 Å². The molecule has 0 radical (unpaired) electrons. The second-order valence-electron chi connectivity index (χ2n) is 2.97. The number of carbonyl (C=O) groups is 2. The van der Waals surface area contributed by atoms with E-state index >= 15 is 0 Å². The van der Waals surface area contributed by atoms with E-state index in [1.165, 1.54) is 6.92 Å². The minimum absolute atomic E-state index is 0.0597. The number of ketones is 1. The Balaban J connectivity index is 3.09. The summed E-state index contributed by atoms with van der Waals surface area (Å²) in [5, 5.41) is 0. The highest BCUT2D eigenvalue weighted by molar-refractivity contribution is 6.01. The molecule has 0 aliphatic carbocycles. The van der Waals surface area contributed by atoms with E-state index in [1.54, 1.807) is 0 Å². The molecule has 0 bridgehead atoms. The summed E-state index contributed by atoms with van der Waals surface area (Å²) in [5.74, 6) is -0.930. The second kappa shape index (κ2) is 4.34. The molecule has 0 aromatic heterocycles. The molecule has 0 aliphatic heterocycles. The SMILES string of the molecule is CC(=O)c1ccc(OC(F)(F)F)cc1C=O. The molecular formula is C10H7F3O3. The molecule has 0 saturated heterocycles. The second-order valence-corrected chi connectivity index (χ2v) is 2.97. The van der Waals surface area contributed by atoms with Crippen molar-refractivity contribution in [2.24, 2.45) is 0 Å². The van der Waals surface area contributed by atoms with Crippen LogP contribution < -0.4 is 4.74 Å². The first kappa shape index (κ1) is 12.2. The van der Waals surface area contributed by atoms with Crippen LogP contribution in [-0.2, 0) is 0 Å². The lowest BCUT2D eigenvalue weighted by Crippen LogP contribution is -2.17. The molecule has 0 fully saturated rings. The zero-order chi connectivity index (χ0) is 12.3. The number of aldehydes is 1. The van der Waals surface area contributed by atoms with Gasteiger partial charge in [0.15, 0.2) is 12.1 Å². The summed E-state index contributed by atoms with van der Waals surface area (Å²) in [6.07, 6.45) is -4.52. The molecular weight excluding hydrogens is 225 g/mol. The van der Waals surface area contributed by atoms with E-state index in [0.717, 1.165) is 18.2 Å². The zero-order valence-corrected chi connectivity index (χ0v) is 8.17. The summed E-state index contributed by atoms with van der Waals surface area (Å²) < 4.78 is 39.2. The number of benzene rings is 1. The summed E-state index contributed by atoms with van der Waals surface area (Å²) in [4.78, 5) is 21.6. The molecule has 16 heavy (non-hydrogen) atoms. The number of carbonyl (C=O) groups excluding carboxylic acids is 2. The molecule has 3 nitrogen and oxygen atoms in total. The molecule has 0 heterocycles. The molecule has 0 spiro atoms. The summed E-state index contributed by atoms with van der Waals surface area (Å²) >= 11 is 0. The fourth-order valence-corrected chi connectivity index (χ4v) is 1.16. The minimum Gasteiger partial charge on any atom is -0.406 e. The molecule has 0 N–H and O–H groups in total. The van der Waals surface area contributed by atoms with E-state index in [9.17, 15) is 22.8 Å². The molecule has 0 amide bonds. The first-order valence-electron chi connectivity index (χ1n) is 4.19. The van der Waals surface area contributed by atoms with Crippen molar-refractivity contribution in [2.75, 3.05) is 0 Å². The highest BCUT2D eigenvalue weighted by atomic mass is 19.4. The summed E-state index contributed by atoms with van der Waals surface area (Å²) in [5.41, 5.74) is -0.0706. The average molecular weight is 232 g/mol. The van der Waals surface area contributed by atoms with Crippen LogP contribution in [0, 0.1) is 0 Å². The van der Waals surface area contributed by atoms with Crippen LogP contribution in [0.3, 0.4) is 0 Å². The normalized spacial score (nSPS) is 11.0. The predicted molar refractivity (Wildman–Crippen MR) is 48.5 cm³/mol. The topological polar surface area (TPSA) is 43.4 Å². The van der Waals surface area contributed by atoms with Crippen LogP contribution in [0.25, 0.3) is 0 Å². The van der Waals surface area contributed by atoms with Crippen molar-refractivity contribution in [1.29, 1.82) is 0 Å². The molecule has 1 rings (SSSR count). The largest absolute Gasteiger partial charge is 0.573 e. The molecule has 0 saturated carbocycles. The Labute approximate surface area is 88.8 Å². The van der Waals surface area contributed by atoms with Crippen molar-refractivity contribution >= 4 is 12.1 Å². The van der Waals surface area contributed by atoms with Gasteiger partial charge in [0, 0.05) is 11.1 Å². The van der Waals surface area contributed by atoms with Crippen molar-refractivity contribution in [2.45, 2.75) is 13.3 Å². The van der Waals surface area contributed by atoms with Crippen LogP contribution in [0.5, 0.6) is 5.75 Å². The third-order valence-electron chi connectivity index (χ3n) is 1.76. The first-order chi connectivity index (χ1) is 7.33. The van der Waals surface area contributed by atoms with Crippen LogP contribution in [-0.4, -0.2) is 18.4 Å². The van der Waals surface area contributed by atoms with E-state index in [0.29, 0.717) is 6.29 Å². The minimum atomic E-state index is -4.82. The molecule has 0 unspecified atom stereocenters. The fraction of sp³-hybridized carbons (Fsp3) is 0.200. The first-order valence-corrected chi connectivity index (χ1v) is 4.19. The van der Waals surface area contributed by atoms with Crippen molar-refractivity contribution in [3.05, 3.63) is 29.3 Å². The Morgan fingerprint density at radius 2 is 2.00 bits per heavy atom. The third kappa shape index (κ3) is 3.08. The number of rotatable bonds is 3. The van der Waals surface area contributed by atoms with Crippen LogP contribution in [0.4, 0.5) is 13.2 Å². The summed E-state index contributed by atoms with van der Waals surface area (Å²) in [6.45, 7) is 1.21. The van der Waals surface area contributed by atoms with Gasteiger partial charge in [-0.15, -0.1) is 13.2 Å². The number of halogens is 3. The van der Waals surface area contributed by atoms with Gasteiger partial charge in [0.2, 0.25) is 0 Å². The van der Waals surface area contributed by atoms with Gasteiger partial charge in [-0.3, -0.25) is 9.59 Å². The van der Waals surface area contributed by atoms with Gasteiger partial charge in [-0.25, -0.2) is 0 Å². The molecule has 0 aliphatic rings. The highest BCUT2D eigenvalue weighted by Gasteiger charge is 2.31. The van der Waals surface area contributed by atoms with E-state index in [2.05, 4.69) is 4.74 Å². The highest BCUT2D eigenvalue weighted by Crippen LogP contribution is 2.24. The van der Waals surface area contributed by atoms with Crippen molar-refractivity contribution in [1.82, 2.24) is 0 Å². The van der Waals surface area contributed by atoms with Gasteiger partial charge in [-0.1, -0.05) is 0 Å².